The number of halogens is 1. The summed E-state index contributed by atoms with van der Waals surface area (Å²) < 4.78 is 5.51. The second kappa shape index (κ2) is 7.73. The lowest BCUT2D eigenvalue weighted by Gasteiger charge is -2.10. The molecule has 0 spiro atoms. The topological polar surface area (TPSA) is 90.2 Å². The van der Waals surface area contributed by atoms with Crippen molar-refractivity contribution < 1.29 is 9.66 Å². The van der Waals surface area contributed by atoms with E-state index in [1.165, 1.54) is 12.3 Å². The van der Waals surface area contributed by atoms with E-state index in [1.54, 1.807) is 18.3 Å². The van der Waals surface area contributed by atoms with Gasteiger partial charge in [0.15, 0.2) is 0 Å². The van der Waals surface area contributed by atoms with Gasteiger partial charge < -0.3 is 10.1 Å². The summed E-state index contributed by atoms with van der Waals surface area (Å²) in [7, 11) is 0. The minimum atomic E-state index is -0.490. The van der Waals surface area contributed by atoms with Crippen molar-refractivity contribution in [2.75, 3.05) is 11.9 Å². The molecule has 2 rings (SSSR count). The molecule has 0 bridgehead atoms. The van der Waals surface area contributed by atoms with Crippen molar-refractivity contribution in [2.45, 2.75) is 20.4 Å². The Hall–Kier alpha value is -2.41. The molecule has 0 saturated heterocycles. The van der Waals surface area contributed by atoms with Gasteiger partial charge in [0.2, 0.25) is 5.88 Å². The Morgan fingerprint density at radius 2 is 2.13 bits per heavy atom. The first-order valence-corrected chi connectivity index (χ1v) is 7.45. The number of anilines is 1. The average molecular weight is 337 g/mol. The van der Waals surface area contributed by atoms with E-state index in [-0.39, 0.29) is 5.69 Å². The molecule has 2 aromatic heterocycles. The molecule has 0 amide bonds. The second-order valence-electron chi connectivity index (χ2n) is 5.35. The van der Waals surface area contributed by atoms with Crippen LogP contribution in [0.2, 0.25) is 5.02 Å². The van der Waals surface area contributed by atoms with Crippen LogP contribution < -0.4 is 10.1 Å². The van der Waals surface area contributed by atoms with Crippen LogP contribution in [-0.4, -0.2) is 21.5 Å². The Balaban J connectivity index is 1.95. The van der Waals surface area contributed by atoms with E-state index in [0.717, 1.165) is 5.56 Å². The molecule has 0 aliphatic rings. The number of hydrogen-bond acceptors (Lipinski definition) is 6. The Morgan fingerprint density at radius 1 is 1.35 bits per heavy atom. The van der Waals surface area contributed by atoms with Crippen LogP contribution in [0.4, 0.5) is 11.5 Å². The minimum absolute atomic E-state index is 0.0492. The van der Waals surface area contributed by atoms with Gasteiger partial charge in [-0.1, -0.05) is 25.4 Å². The van der Waals surface area contributed by atoms with E-state index in [1.807, 2.05) is 13.8 Å². The lowest BCUT2D eigenvalue weighted by Crippen LogP contribution is -2.07. The fourth-order valence-electron chi connectivity index (χ4n) is 1.70. The van der Waals surface area contributed by atoms with Crippen molar-refractivity contribution in [2.24, 2.45) is 5.92 Å². The molecular formula is C15H17ClN4O3. The predicted octanol–water partition coefficient (Wildman–Crippen LogP) is 3.69. The smallest absolute Gasteiger partial charge is 0.287 e. The summed E-state index contributed by atoms with van der Waals surface area (Å²) in [5, 5.41) is 14.1. The predicted molar refractivity (Wildman–Crippen MR) is 87.8 cm³/mol. The third-order valence-corrected chi connectivity index (χ3v) is 3.12. The molecular weight excluding hydrogens is 320 g/mol. The van der Waals surface area contributed by atoms with Gasteiger partial charge in [0.05, 0.1) is 11.5 Å². The summed E-state index contributed by atoms with van der Waals surface area (Å²) in [6.07, 6.45) is 2.87. The summed E-state index contributed by atoms with van der Waals surface area (Å²) in [6.45, 7) is 5.09. The standard InChI is InChI=1S/C15H17ClN4O3/c1-10(2)9-23-15-13(16)5-11(7-19-15)6-17-14-4-3-12(8-18-14)20(21)22/h3-5,7-8,10H,6,9H2,1-2H3,(H,17,18). The summed E-state index contributed by atoms with van der Waals surface area (Å²) in [5.74, 6) is 1.34. The van der Waals surface area contributed by atoms with Crippen molar-refractivity contribution in [1.82, 2.24) is 9.97 Å². The largest absolute Gasteiger partial charge is 0.476 e. The van der Waals surface area contributed by atoms with Crippen LogP contribution in [0.3, 0.4) is 0 Å². The van der Waals surface area contributed by atoms with Crippen LogP contribution >= 0.6 is 11.6 Å². The number of hydrogen-bond donors (Lipinski definition) is 1. The van der Waals surface area contributed by atoms with Gasteiger partial charge in [-0.05, 0) is 23.6 Å². The minimum Gasteiger partial charge on any atom is -0.476 e. The van der Waals surface area contributed by atoms with Gasteiger partial charge >= 0.3 is 0 Å². The monoisotopic (exact) mass is 336 g/mol. The summed E-state index contributed by atoms with van der Waals surface area (Å²) >= 11 is 6.14. The van der Waals surface area contributed by atoms with Crippen LogP contribution in [-0.2, 0) is 6.54 Å². The maximum atomic E-state index is 10.6. The molecule has 8 heteroatoms. The van der Waals surface area contributed by atoms with E-state index in [2.05, 4.69) is 15.3 Å². The average Bonchev–Trinajstić information content (AvgIpc) is 2.52. The van der Waals surface area contributed by atoms with Crippen LogP contribution in [0.15, 0.2) is 30.6 Å². The highest BCUT2D eigenvalue weighted by Gasteiger charge is 2.08. The zero-order valence-corrected chi connectivity index (χ0v) is 13.6. The molecule has 0 aliphatic carbocycles. The lowest BCUT2D eigenvalue weighted by molar-refractivity contribution is -0.385. The number of nitro groups is 1. The summed E-state index contributed by atoms with van der Waals surface area (Å²) in [5.41, 5.74) is 0.805. The molecule has 122 valence electrons. The SMILES string of the molecule is CC(C)COc1ncc(CNc2ccc([N+](=O)[O-])cn2)cc1Cl. The maximum absolute atomic E-state index is 10.6. The Morgan fingerprint density at radius 3 is 2.70 bits per heavy atom. The normalized spacial score (nSPS) is 10.6. The number of pyridine rings is 2. The van der Waals surface area contributed by atoms with E-state index >= 15 is 0 Å². The highest BCUT2D eigenvalue weighted by atomic mass is 35.5. The van der Waals surface area contributed by atoms with Crippen molar-refractivity contribution in [3.8, 4) is 5.88 Å². The van der Waals surface area contributed by atoms with Crippen LogP contribution in [0.1, 0.15) is 19.4 Å². The third kappa shape index (κ3) is 5.07. The number of ether oxygens (including phenoxy) is 1. The fraction of sp³-hybridized carbons (Fsp3) is 0.333. The lowest BCUT2D eigenvalue weighted by atomic mass is 10.2. The van der Waals surface area contributed by atoms with Gasteiger partial charge in [-0.15, -0.1) is 0 Å². The number of nitrogens with one attached hydrogen (secondary N) is 1. The van der Waals surface area contributed by atoms with Crippen LogP contribution in [0.25, 0.3) is 0 Å². The van der Waals surface area contributed by atoms with Crippen molar-refractivity contribution in [1.29, 1.82) is 0 Å². The van der Waals surface area contributed by atoms with Gasteiger partial charge in [0.25, 0.3) is 5.69 Å². The van der Waals surface area contributed by atoms with Gasteiger partial charge in [0.1, 0.15) is 17.0 Å². The van der Waals surface area contributed by atoms with Crippen molar-refractivity contribution in [3.05, 3.63) is 51.3 Å². The Bertz CT molecular complexity index is 677. The number of rotatable bonds is 7. The van der Waals surface area contributed by atoms with Crippen LogP contribution in [0, 0.1) is 16.0 Å². The van der Waals surface area contributed by atoms with E-state index < -0.39 is 4.92 Å². The van der Waals surface area contributed by atoms with Crippen molar-refractivity contribution >= 4 is 23.1 Å². The zero-order valence-electron chi connectivity index (χ0n) is 12.8. The molecule has 23 heavy (non-hydrogen) atoms. The molecule has 0 aromatic carbocycles. The molecule has 7 nitrogen and oxygen atoms in total. The Kier molecular flexibility index (Phi) is 5.70. The maximum Gasteiger partial charge on any atom is 0.287 e. The van der Waals surface area contributed by atoms with E-state index in [4.69, 9.17) is 16.3 Å². The van der Waals surface area contributed by atoms with Gasteiger partial charge in [-0.2, -0.15) is 0 Å². The molecule has 0 fully saturated rings. The molecule has 0 saturated carbocycles. The van der Waals surface area contributed by atoms with Gasteiger partial charge in [0, 0.05) is 18.8 Å². The molecule has 0 aliphatic heterocycles. The molecule has 2 heterocycles. The summed E-state index contributed by atoms with van der Waals surface area (Å²) in [4.78, 5) is 18.2. The zero-order chi connectivity index (χ0) is 16.8. The van der Waals surface area contributed by atoms with Crippen molar-refractivity contribution in [3.63, 3.8) is 0 Å². The quantitative estimate of drug-likeness (QED) is 0.612. The highest BCUT2D eigenvalue weighted by molar-refractivity contribution is 6.31. The first-order chi connectivity index (χ1) is 11.0. The molecule has 1 N–H and O–H groups in total. The van der Waals surface area contributed by atoms with E-state index in [0.29, 0.717) is 35.8 Å². The molecule has 0 unspecified atom stereocenters. The first-order valence-electron chi connectivity index (χ1n) is 7.07. The highest BCUT2D eigenvalue weighted by Crippen LogP contribution is 2.23. The van der Waals surface area contributed by atoms with Crippen LogP contribution in [0.5, 0.6) is 5.88 Å². The number of nitrogens with zero attached hydrogens (tertiary/aromatic N) is 3. The van der Waals surface area contributed by atoms with E-state index in [9.17, 15) is 10.1 Å². The summed E-state index contributed by atoms with van der Waals surface area (Å²) in [6, 6.07) is 4.71. The molecule has 0 radical (unpaired) electrons. The van der Waals surface area contributed by atoms with Gasteiger partial charge in [-0.3, -0.25) is 10.1 Å². The Labute approximate surface area is 138 Å². The molecule has 2 aromatic rings. The second-order valence-corrected chi connectivity index (χ2v) is 5.75. The molecule has 0 atom stereocenters. The fourth-order valence-corrected chi connectivity index (χ4v) is 1.95. The number of aromatic nitrogens is 2. The third-order valence-electron chi connectivity index (χ3n) is 2.85. The first kappa shape index (κ1) is 17.0. The van der Waals surface area contributed by atoms with Gasteiger partial charge in [-0.25, -0.2) is 9.97 Å².